The van der Waals surface area contributed by atoms with Crippen LogP contribution in [0.4, 0.5) is 0 Å². The van der Waals surface area contributed by atoms with E-state index in [2.05, 4.69) is 4.18 Å². The van der Waals surface area contributed by atoms with Gasteiger partial charge in [-0.05, 0) is 0 Å². The molecule has 11 nitrogen and oxygen atoms in total. The van der Waals surface area contributed by atoms with E-state index in [0.29, 0.717) is 0 Å². The molecule has 1 aliphatic rings. The van der Waals surface area contributed by atoms with Gasteiger partial charge in [-0.3, -0.25) is 22.7 Å². The second kappa shape index (κ2) is 6.76. The number of hydrogen-bond acceptors (Lipinski definition) is 9. The fourth-order valence-electron chi connectivity index (χ4n) is 2.19. The molecule has 13 heteroatoms. The van der Waals surface area contributed by atoms with Crippen molar-refractivity contribution in [2.24, 2.45) is 0 Å². The first-order chi connectivity index (χ1) is 10.9. The molecule has 1 N–H and O–H groups in total. The second-order valence-electron chi connectivity index (χ2n) is 5.21. The Hall–Kier alpha value is -1.54. The van der Waals surface area contributed by atoms with E-state index in [1.54, 1.807) is 0 Å². The molecule has 24 heavy (non-hydrogen) atoms. The van der Waals surface area contributed by atoms with E-state index in [1.807, 2.05) is 4.98 Å². The third-order valence-corrected chi connectivity index (χ3v) is 4.25. The average molecular weight is 384 g/mol. The average Bonchev–Trinajstić information content (AvgIpc) is 2.76. The fourth-order valence-corrected chi connectivity index (χ4v) is 3.22. The van der Waals surface area contributed by atoms with Gasteiger partial charge in [0.15, 0.2) is 0 Å². The number of H-pyrrole nitrogens is 1. The SMILES string of the molecule is CS(=O)(=O)OC[C@H]1O[C@@H](n2ccc(=O)[nH]c2=O)C[C@@H]1OS(C)(=O)=O. The molecule has 0 amide bonds. The van der Waals surface area contributed by atoms with Crippen LogP contribution in [0.3, 0.4) is 0 Å². The highest BCUT2D eigenvalue weighted by molar-refractivity contribution is 7.86. The van der Waals surface area contributed by atoms with Crippen molar-refractivity contribution in [3.63, 3.8) is 0 Å². The summed E-state index contributed by atoms with van der Waals surface area (Å²) in [6.45, 7) is -0.479. The van der Waals surface area contributed by atoms with Gasteiger partial charge in [0, 0.05) is 18.7 Å². The summed E-state index contributed by atoms with van der Waals surface area (Å²) in [5, 5.41) is 0. The lowest BCUT2D eigenvalue weighted by atomic mass is 10.2. The van der Waals surface area contributed by atoms with Gasteiger partial charge in [-0.25, -0.2) is 4.79 Å². The molecule has 0 aliphatic carbocycles. The summed E-state index contributed by atoms with van der Waals surface area (Å²) in [6.07, 6.45) is -0.253. The normalized spacial score (nSPS) is 25.0. The topological polar surface area (TPSA) is 151 Å². The molecule has 0 bridgehead atoms. The predicted molar refractivity (Wildman–Crippen MR) is 80.4 cm³/mol. The molecule has 136 valence electrons. The van der Waals surface area contributed by atoms with Crippen molar-refractivity contribution in [3.8, 4) is 0 Å². The maximum absolute atomic E-state index is 11.8. The van der Waals surface area contributed by atoms with E-state index in [9.17, 15) is 26.4 Å². The first-order valence-corrected chi connectivity index (χ1v) is 10.3. The molecule has 0 unspecified atom stereocenters. The van der Waals surface area contributed by atoms with Crippen LogP contribution in [0.15, 0.2) is 21.9 Å². The van der Waals surface area contributed by atoms with Crippen LogP contribution in [0.1, 0.15) is 12.6 Å². The Balaban J connectivity index is 2.24. The summed E-state index contributed by atoms with van der Waals surface area (Å²) in [6, 6.07) is 1.09. The molecule has 1 aromatic rings. The highest BCUT2D eigenvalue weighted by Crippen LogP contribution is 2.31. The Morgan fingerprint density at radius 2 is 1.92 bits per heavy atom. The molecule has 0 radical (unpaired) electrons. The van der Waals surface area contributed by atoms with Crippen molar-refractivity contribution in [2.75, 3.05) is 19.1 Å². The number of nitrogens with zero attached hydrogens (tertiary/aromatic N) is 1. The van der Waals surface area contributed by atoms with E-state index < -0.39 is 56.5 Å². The van der Waals surface area contributed by atoms with Crippen LogP contribution >= 0.6 is 0 Å². The van der Waals surface area contributed by atoms with Gasteiger partial charge in [-0.2, -0.15) is 16.8 Å². The minimum absolute atomic E-state index is 0.0587. The quantitative estimate of drug-likeness (QED) is 0.557. The fraction of sp³-hybridized carbons (Fsp3) is 0.636. The monoisotopic (exact) mass is 384 g/mol. The molecule has 3 atom stereocenters. The minimum atomic E-state index is -3.85. The number of hydrogen-bond donors (Lipinski definition) is 1. The lowest BCUT2D eigenvalue weighted by molar-refractivity contribution is -0.0352. The Morgan fingerprint density at radius 1 is 1.25 bits per heavy atom. The maximum atomic E-state index is 11.8. The largest absolute Gasteiger partial charge is 0.349 e. The molecular weight excluding hydrogens is 368 g/mol. The van der Waals surface area contributed by atoms with Crippen LogP contribution in [0.25, 0.3) is 0 Å². The second-order valence-corrected chi connectivity index (χ2v) is 8.45. The van der Waals surface area contributed by atoms with Gasteiger partial charge >= 0.3 is 5.69 Å². The molecule has 1 saturated heterocycles. The molecular formula is C11H16N2O9S2. The number of ether oxygens (including phenoxy) is 1. The highest BCUT2D eigenvalue weighted by Gasteiger charge is 2.40. The van der Waals surface area contributed by atoms with Gasteiger partial charge in [0.05, 0.1) is 19.1 Å². The summed E-state index contributed by atoms with van der Waals surface area (Å²) >= 11 is 0. The van der Waals surface area contributed by atoms with E-state index in [4.69, 9.17) is 8.92 Å². The molecule has 1 aliphatic heterocycles. The first kappa shape index (κ1) is 18.8. The number of aromatic amines is 1. The zero-order valence-corrected chi connectivity index (χ0v) is 14.4. The third-order valence-electron chi connectivity index (χ3n) is 3.09. The van der Waals surface area contributed by atoms with Crippen LogP contribution in [-0.2, 0) is 33.3 Å². The smallest absolute Gasteiger partial charge is 0.330 e. The summed E-state index contributed by atoms with van der Waals surface area (Å²) in [5.41, 5.74) is -1.36. The van der Waals surface area contributed by atoms with Crippen LogP contribution in [-0.4, -0.2) is 57.7 Å². The molecule has 1 fully saturated rings. The Labute approximate surface area is 137 Å². The van der Waals surface area contributed by atoms with Crippen molar-refractivity contribution in [2.45, 2.75) is 24.9 Å². The lowest BCUT2D eigenvalue weighted by Crippen LogP contribution is -2.32. The van der Waals surface area contributed by atoms with E-state index in [1.165, 1.54) is 6.20 Å². The summed E-state index contributed by atoms with van der Waals surface area (Å²) in [5.74, 6) is 0. The molecule has 0 aromatic carbocycles. The Morgan fingerprint density at radius 3 is 2.46 bits per heavy atom. The maximum Gasteiger partial charge on any atom is 0.330 e. The van der Waals surface area contributed by atoms with Gasteiger partial charge in [-0.15, -0.1) is 0 Å². The van der Waals surface area contributed by atoms with Crippen molar-refractivity contribution in [1.82, 2.24) is 9.55 Å². The van der Waals surface area contributed by atoms with Crippen LogP contribution < -0.4 is 11.2 Å². The van der Waals surface area contributed by atoms with Crippen LogP contribution in [0.5, 0.6) is 0 Å². The van der Waals surface area contributed by atoms with Gasteiger partial charge in [0.25, 0.3) is 25.8 Å². The number of aromatic nitrogens is 2. The predicted octanol–water partition coefficient (Wildman–Crippen LogP) is -1.85. The zero-order valence-electron chi connectivity index (χ0n) is 12.7. The first-order valence-electron chi connectivity index (χ1n) is 6.64. The number of rotatable bonds is 6. The lowest BCUT2D eigenvalue weighted by Gasteiger charge is -2.17. The van der Waals surface area contributed by atoms with Gasteiger partial charge < -0.3 is 4.74 Å². The van der Waals surface area contributed by atoms with Crippen molar-refractivity contribution in [1.29, 1.82) is 0 Å². The molecule has 0 saturated carbocycles. The highest BCUT2D eigenvalue weighted by atomic mass is 32.2. The Kier molecular flexibility index (Phi) is 5.29. The van der Waals surface area contributed by atoms with Gasteiger partial charge in [0.1, 0.15) is 18.4 Å². The zero-order chi connectivity index (χ0) is 18.1. The van der Waals surface area contributed by atoms with Gasteiger partial charge in [0.2, 0.25) is 0 Å². The van der Waals surface area contributed by atoms with Crippen LogP contribution in [0.2, 0.25) is 0 Å². The van der Waals surface area contributed by atoms with Crippen molar-refractivity contribution >= 4 is 20.2 Å². The summed E-state index contributed by atoms with van der Waals surface area (Å²) in [7, 11) is -7.62. The van der Waals surface area contributed by atoms with E-state index in [-0.39, 0.29) is 6.42 Å². The van der Waals surface area contributed by atoms with Crippen molar-refractivity contribution < 1.29 is 29.9 Å². The van der Waals surface area contributed by atoms with Crippen molar-refractivity contribution in [3.05, 3.63) is 33.1 Å². The summed E-state index contributed by atoms with van der Waals surface area (Å²) < 4.78 is 60.9. The molecule has 2 heterocycles. The van der Waals surface area contributed by atoms with Gasteiger partial charge in [-0.1, -0.05) is 0 Å². The van der Waals surface area contributed by atoms with E-state index >= 15 is 0 Å². The molecule has 1 aromatic heterocycles. The Bertz CT molecular complexity index is 915. The van der Waals surface area contributed by atoms with Crippen LogP contribution in [0, 0.1) is 0 Å². The third kappa shape index (κ3) is 5.24. The number of nitrogens with one attached hydrogen (secondary N) is 1. The van der Waals surface area contributed by atoms with E-state index in [0.717, 1.165) is 23.1 Å². The molecule has 2 rings (SSSR count). The summed E-state index contributed by atoms with van der Waals surface area (Å²) in [4.78, 5) is 24.9. The minimum Gasteiger partial charge on any atom is -0.349 e. The standard InChI is InChI=1S/C11H16N2O9S2/c1-23(16,17)20-6-8-7(22-24(2,18)19)5-10(21-8)13-4-3-9(14)12-11(13)15/h3-4,7-8,10H,5-6H2,1-2H3,(H,12,14,15)/t7-,8+,10+/m0/s1. The molecule has 0 spiro atoms.